The van der Waals surface area contributed by atoms with Gasteiger partial charge >= 0.3 is 12.1 Å². The van der Waals surface area contributed by atoms with Crippen LogP contribution in [0.2, 0.25) is 0 Å². The van der Waals surface area contributed by atoms with E-state index in [1.165, 1.54) is 32.4 Å². The minimum Gasteiger partial charge on any atom is -0.497 e. The summed E-state index contributed by atoms with van der Waals surface area (Å²) >= 11 is 0. The first-order chi connectivity index (χ1) is 11.2. The third-order valence-electron chi connectivity index (χ3n) is 3.98. The van der Waals surface area contributed by atoms with Gasteiger partial charge in [0.15, 0.2) is 0 Å². The van der Waals surface area contributed by atoms with Gasteiger partial charge in [0.2, 0.25) is 0 Å². The quantitative estimate of drug-likeness (QED) is 0.902. The number of carbonyl (C=O) groups is 2. The van der Waals surface area contributed by atoms with Crippen LogP contribution in [0.15, 0.2) is 18.2 Å². The second-order valence-electron chi connectivity index (χ2n) is 5.37. The average molecular weight is 347 g/mol. The summed E-state index contributed by atoms with van der Waals surface area (Å²) in [6.45, 7) is -1.21. The summed E-state index contributed by atoms with van der Waals surface area (Å²) in [5.74, 6) is -5.51. The molecule has 0 unspecified atom stereocenters. The van der Waals surface area contributed by atoms with Gasteiger partial charge in [-0.1, -0.05) is 0 Å². The highest BCUT2D eigenvalue weighted by Gasteiger charge is 2.53. The van der Waals surface area contributed by atoms with E-state index < -0.39 is 43.0 Å². The molecule has 1 N–H and O–H groups in total. The van der Waals surface area contributed by atoms with E-state index in [1.807, 2.05) is 0 Å². The van der Waals surface area contributed by atoms with Crippen molar-refractivity contribution in [3.8, 4) is 11.5 Å². The van der Waals surface area contributed by atoms with Gasteiger partial charge in [0.1, 0.15) is 11.5 Å². The van der Waals surface area contributed by atoms with Gasteiger partial charge in [-0.3, -0.25) is 9.59 Å². The summed E-state index contributed by atoms with van der Waals surface area (Å²) in [5, 5.41) is 9.01. The Morgan fingerprint density at radius 1 is 1.21 bits per heavy atom. The number of likely N-dealkylation sites (tertiary alicyclic amines) is 1. The molecule has 1 fully saturated rings. The molecule has 1 aliphatic rings. The number of benzene rings is 1. The van der Waals surface area contributed by atoms with Crippen LogP contribution in [0.4, 0.5) is 13.2 Å². The van der Waals surface area contributed by atoms with E-state index in [0.717, 1.165) is 4.90 Å². The van der Waals surface area contributed by atoms with Crippen molar-refractivity contribution in [1.29, 1.82) is 0 Å². The Morgan fingerprint density at radius 3 is 2.33 bits per heavy atom. The molecule has 0 aromatic heterocycles. The molecule has 1 saturated heterocycles. The van der Waals surface area contributed by atoms with Crippen molar-refractivity contribution in [3.63, 3.8) is 0 Å². The Kier molecular flexibility index (Phi) is 4.91. The number of ether oxygens (including phenoxy) is 2. The topological polar surface area (TPSA) is 76.1 Å². The van der Waals surface area contributed by atoms with Crippen LogP contribution in [0.25, 0.3) is 0 Å². The van der Waals surface area contributed by atoms with Crippen molar-refractivity contribution >= 4 is 11.9 Å². The van der Waals surface area contributed by atoms with Gasteiger partial charge in [-0.05, 0) is 12.1 Å². The molecule has 1 aromatic rings. The fraction of sp³-hybridized carbons (Fsp3) is 0.467. The van der Waals surface area contributed by atoms with Crippen molar-refractivity contribution in [2.24, 2.45) is 11.8 Å². The second-order valence-corrected chi connectivity index (χ2v) is 5.37. The molecule has 6 nitrogen and oxygen atoms in total. The Labute approximate surface area is 135 Å². The minimum absolute atomic E-state index is 0.0465. The van der Waals surface area contributed by atoms with Gasteiger partial charge in [0.05, 0.1) is 31.6 Å². The average Bonchev–Trinajstić information content (AvgIpc) is 2.99. The molecule has 0 spiro atoms. The van der Waals surface area contributed by atoms with Crippen molar-refractivity contribution in [2.75, 3.05) is 27.3 Å². The first-order valence-corrected chi connectivity index (χ1v) is 6.99. The summed E-state index contributed by atoms with van der Waals surface area (Å²) in [6, 6.07) is 4.28. The summed E-state index contributed by atoms with van der Waals surface area (Å²) in [4.78, 5) is 24.5. The first kappa shape index (κ1) is 17.9. The molecule has 1 aliphatic heterocycles. The number of halogens is 3. The Morgan fingerprint density at radius 2 is 1.88 bits per heavy atom. The lowest BCUT2D eigenvalue weighted by atomic mass is 9.96. The molecule has 9 heteroatoms. The molecule has 0 bridgehead atoms. The zero-order chi connectivity index (χ0) is 18.1. The van der Waals surface area contributed by atoms with Crippen molar-refractivity contribution in [3.05, 3.63) is 23.8 Å². The van der Waals surface area contributed by atoms with E-state index in [-0.39, 0.29) is 11.3 Å². The van der Waals surface area contributed by atoms with E-state index in [4.69, 9.17) is 14.6 Å². The number of carboxylic acid groups (broad SMARTS) is 1. The Balaban J connectivity index is 2.29. The normalized spacial score (nSPS) is 20.8. The van der Waals surface area contributed by atoms with E-state index in [9.17, 15) is 22.8 Å². The van der Waals surface area contributed by atoms with Crippen LogP contribution in [0.3, 0.4) is 0 Å². The lowest BCUT2D eigenvalue weighted by Crippen LogP contribution is -2.34. The summed E-state index contributed by atoms with van der Waals surface area (Å²) in [7, 11) is 2.73. The number of amides is 1. The van der Waals surface area contributed by atoms with Gasteiger partial charge in [-0.15, -0.1) is 0 Å². The van der Waals surface area contributed by atoms with Crippen molar-refractivity contribution in [1.82, 2.24) is 4.90 Å². The molecule has 0 saturated carbocycles. The Hall–Kier alpha value is -2.45. The molecule has 0 radical (unpaired) electrons. The van der Waals surface area contributed by atoms with Crippen LogP contribution >= 0.6 is 0 Å². The molecule has 132 valence electrons. The highest BCUT2D eigenvalue weighted by Crippen LogP contribution is 2.38. The maximum Gasteiger partial charge on any atom is 0.394 e. The number of methoxy groups -OCH3 is 2. The van der Waals surface area contributed by atoms with E-state index in [1.54, 1.807) is 0 Å². The largest absolute Gasteiger partial charge is 0.497 e. The molecular formula is C15H16F3NO5. The predicted molar refractivity (Wildman–Crippen MR) is 76.1 cm³/mol. The molecular weight excluding hydrogens is 331 g/mol. The number of aliphatic carboxylic acids is 1. The van der Waals surface area contributed by atoms with Crippen LogP contribution in [0.1, 0.15) is 10.4 Å². The highest BCUT2D eigenvalue weighted by molar-refractivity contribution is 5.97. The van der Waals surface area contributed by atoms with Crippen LogP contribution in [0, 0.1) is 11.8 Å². The third-order valence-corrected chi connectivity index (χ3v) is 3.98. The maximum atomic E-state index is 13.0. The van der Waals surface area contributed by atoms with Crippen molar-refractivity contribution in [2.45, 2.75) is 6.18 Å². The fourth-order valence-corrected chi connectivity index (χ4v) is 2.70. The SMILES string of the molecule is COc1ccc(C(=O)N2C[C@@H](C(F)(F)F)[C@H](C(=O)O)C2)c(OC)c1. The summed E-state index contributed by atoms with van der Waals surface area (Å²) in [6.07, 6.45) is -4.69. The molecule has 2 rings (SSSR count). The number of hydrogen-bond acceptors (Lipinski definition) is 4. The molecule has 2 atom stereocenters. The lowest BCUT2D eigenvalue weighted by molar-refractivity contribution is -0.187. The summed E-state index contributed by atoms with van der Waals surface area (Å²) < 4.78 is 49.1. The van der Waals surface area contributed by atoms with Gasteiger partial charge in [-0.25, -0.2) is 0 Å². The first-order valence-electron chi connectivity index (χ1n) is 6.99. The van der Waals surface area contributed by atoms with Gasteiger partial charge in [0.25, 0.3) is 5.91 Å². The molecule has 1 aromatic carbocycles. The van der Waals surface area contributed by atoms with Crippen LogP contribution in [-0.2, 0) is 4.79 Å². The zero-order valence-corrected chi connectivity index (χ0v) is 13.0. The van der Waals surface area contributed by atoms with Crippen molar-refractivity contribution < 1.29 is 37.3 Å². The predicted octanol–water partition coefficient (Wildman–Crippen LogP) is 2.04. The Bertz CT molecular complexity index is 646. The lowest BCUT2D eigenvalue weighted by Gasteiger charge is -2.19. The summed E-state index contributed by atoms with van der Waals surface area (Å²) in [5.41, 5.74) is 0.0465. The fourth-order valence-electron chi connectivity index (χ4n) is 2.70. The molecule has 1 heterocycles. The third kappa shape index (κ3) is 3.39. The highest BCUT2D eigenvalue weighted by atomic mass is 19.4. The number of carbonyl (C=O) groups excluding carboxylic acids is 1. The zero-order valence-electron chi connectivity index (χ0n) is 13.0. The number of alkyl halides is 3. The number of hydrogen-bond donors (Lipinski definition) is 1. The van der Waals surface area contributed by atoms with E-state index in [2.05, 4.69) is 0 Å². The van der Waals surface area contributed by atoms with E-state index >= 15 is 0 Å². The van der Waals surface area contributed by atoms with Crippen LogP contribution in [-0.4, -0.2) is 55.4 Å². The van der Waals surface area contributed by atoms with Gasteiger partial charge in [-0.2, -0.15) is 13.2 Å². The van der Waals surface area contributed by atoms with Gasteiger partial charge < -0.3 is 19.5 Å². The van der Waals surface area contributed by atoms with Crippen LogP contribution < -0.4 is 9.47 Å². The van der Waals surface area contributed by atoms with Gasteiger partial charge in [0, 0.05) is 19.2 Å². The minimum atomic E-state index is -4.69. The van der Waals surface area contributed by atoms with E-state index in [0.29, 0.717) is 5.75 Å². The maximum absolute atomic E-state index is 13.0. The molecule has 1 amide bonds. The number of nitrogens with zero attached hydrogens (tertiary/aromatic N) is 1. The molecule has 24 heavy (non-hydrogen) atoms. The monoisotopic (exact) mass is 347 g/mol. The number of rotatable bonds is 4. The standard InChI is InChI=1S/C15H16F3NO5/c1-23-8-3-4-9(12(5-8)24-2)13(20)19-6-10(14(21)22)11(7-19)15(16,17)18/h3-5,10-11H,6-7H2,1-2H3,(H,21,22)/t10-,11-/m1/s1. The molecule has 0 aliphatic carbocycles. The van der Waals surface area contributed by atoms with Crippen LogP contribution in [0.5, 0.6) is 11.5 Å². The second kappa shape index (κ2) is 6.58. The smallest absolute Gasteiger partial charge is 0.394 e. The number of carboxylic acids is 1.